The molecule has 0 spiro atoms. The quantitative estimate of drug-likeness (QED) is 0.669. The smallest absolute Gasteiger partial charge is 0.251 e. The van der Waals surface area contributed by atoms with E-state index in [1.165, 1.54) is 6.42 Å². The summed E-state index contributed by atoms with van der Waals surface area (Å²) < 4.78 is 23.6. The molecule has 3 heteroatoms. The molecule has 0 aromatic carbocycles. The van der Waals surface area contributed by atoms with Crippen molar-refractivity contribution in [3.63, 3.8) is 0 Å². The SMILES string of the molecule is CC.CC.FC(F)CN1CCCCC1. The van der Waals surface area contributed by atoms with Gasteiger partial charge in [-0.2, -0.15) is 0 Å². The van der Waals surface area contributed by atoms with Crippen molar-refractivity contribution in [2.75, 3.05) is 19.6 Å². The first-order valence-electron chi connectivity index (χ1n) is 5.79. The second-order valence-electron chi connectivity index (χ2n) is 2.75. The van der Waals surface area contributed by atoms with Gasteiger partial charge in [-0.25, -0.2) is 8.78 Å². The van der Waals surface area contributed by atoms with E-state index in [1.54, 1.807) is 0 Å². The van der Waals surface area contributed by atoms with Crippen LogP contribution in [0.15, 0.2) is 0 Å². The van der Waals surface area contributed by atoms with E-state index in [-0.39, 0.29) is 6.54 Å². The lowest BCUT2D eigenvalue weighted by molar-refractivity contribution is 0.0788. The maximum absolute atomic E-state index is 11.8. The number of rotatable bonds is 2. The number of halogens is 2. The third kappa shape index (κ3) is 9.90. The van der Waals surface area contributed by atoms with Gasteiger partial charge in [0.2, 0.25) is 0 Å². The standard InChI is InChI=1S/C7H13F2N.2C2H6/c8-7(9)6-10-4-2-1-3-5-10;2*1-2/h7H,1-6H2;2*1-2H3. The number of alkyl halides is 2. The molecule has 1 aliphatic heterocycles. The molecule has 0 saturated carbocycles. The van der Waals surface area contributed by atoms with Crippen LogP contribution >= 0.6 is 0 Å². The van der Waals surface area contributed by atoms with Crippen LogP contribution in [0.5, 0.6) is 0 Å². The Labute approximate surface area is 87.5 Å². The van der Waals surface area contributed by atoms with Crippen LogP contribution in [-0.4, -0.2) is 31.0 Å². The normalized spacial score (nSPS) is 16.5. The number of piperidine rings is 1. The van der Waals surface area contributed by atoms with Crippen LogP contribution in [0.3, 0.4) is 0 Å². The van der Waals surface area contributed by atoms with Crippen LogP contribution in [0.1, 0.15) is 47.0 Å². The Morgan fingerprint density at radius 2 is 1.36 bits per heavy atom. The first-order valence-corrected chi connectivity index (χ1v) is 5.79. The molecular formula is C11H25F2N. The molecule has 0 N–H and O–H groups in total. The van der Waals surface area contributed by atoms with E-state index < -0.39 is 6.43 Å². The highest BCUT2D eigenvalue weighted by molar-refractivity contribution is 4.64. The first-order chi connectivity index (χ1) is 6.79. The Morgan fingerprint density at radius 1 is 0.929 bits per heavy atom. The largest absolute Gasteiger partial charge is 0.298 e. The van der Waals surface area contributed by atoms with Gasteiger partial charge in [0.25, 0.3) is 6.43 Å². The van der Waals surface area contributed by atoms with E-state index in [9.17, 15) is 8.78 Å². The summed E-state index contributed by atoms with van der Waals surface area (Å²) in [5.74, 6) is 0. The monoisotopic (exact) mass is 209 g/mol. The van der Waals surface area contributed by atoms with Gasteiger partial charge in [0, 0.05) is 0 Å². The molecule has 0 amide bonds. The molecule has 1 heterocycles. The summed E-state index contributed by atoms with van der Waals surface area (Å²) >= 11 is 0. The van der Waals surface area contributed by atoms with Gasteiger partial charge in [0.15, 0.2) is 0 Å². The van der Waals surface area contributed by atoms with Crippen molar-refractivity contribution >= 4 is 0 Å². The summed E-state index contributed by atoms with van der Waals surface area (Å²) in [5, 5.41) is 0. The minimum Gasteiger partial charge on any atom is -0.298 e. The lowest BCUT2D eigenvalue weighted by Crippen LogP contribution is -2.33. The average molecular weight is 209 g/mol. The first kappa shape index (κ1) is 16.3. The summed E-state index contributed by atoms with van der Waals surface area (Å²) in [4.78, 5) is 1.84. The van der Waals surface area contributed by atoms with Crippen molar-refractivity contribution in [1.82, 2.24) is 4.90 Å². The van der Waals surface area contributed by atoms with Gasteiger partial charge in [-0.3, -0.25) is 4.90 Å². The molecule has 1 rings (SSSR count). The van der Waals surface area contributed by atoms with Gasteiger partial charge in [-0.05, 0) is 25.9 Å². The van der Waals surface area contributed by atoms with Crippen molar-refractivity contribution in [2.45, 2.75) is 53.4 Å². The summed E-state index contributed by atoms with van der Waals surface area (Å²) in [7, 11) is 0. The van der Waals surface area contributed by atoms with Crippen LogP contribution in [0.4, 0.5) is 8.78 Å². The summed E-state index contributed by atoms with van der Waals surface area (Å²) in [6, 6.07) is 0. The Kier molecular flexibility index (Phi) is 14.9. The lowest BCUT2D eigenvalue weighted by Gasteiger charge is -2.25. The fourth-order valence-electron chi connectivity index (χ4n) is 1.34. The zero-order valence-corrected chi connectivity index (χ0v) is 10.0. The van der Waals surface area contributed by atoms with Gasteiger partial charge in [-0.1, -0.05) is 34.1 Å². The van der Waals surface area contributed by atoms with E-state index >= 15 is 0 Å². The van der Waals surface area contributed by atoms with Gasteiger partial charge < -0.3 is 0 Å². The molecule has 0 atom stereocenters. The fraction of sp³-hybridized carbons (Fsp3) is 1.00. The Hall–Kier alpha value is -0.180. The van der Waals surface area contributed by atoms with E-state index in [2.05, 4.69) is 0 Å². The third-order valence-corrected chi connectivity index (χ3v) is 1.84. The van der Waals surface area contributed by atoms with Crippen LogP contribution < -0.4 is 0 Å². The van der Waals surface area contributed by atoms with Crippen molar-refractivity contribution in [3.05, 3.63) is 0 Å². The molecule has 0 aromatic rings. The van der Waals surface area contributed by atoms with Gasteiger partial charge in [-0.15, -0.1) is 0 Å². The van der Waals surface area contributed by atoms with Crippen LogP contribution in [0, 0.1) is 0 Å². The van der Waals surface area contributed by atoms with Crippen molar-refractivity contribution in [3.8, 4) is 0 Å². The molecule has 1 fully saturated rings. The Morgan fingerprint density at radius 3 is 1.71 bits per heavy atom. The molecule has 0 aliphatic carbocycles. The van der Waals surface area contributed by atoms with Crippen molar-refractivity contribution in [1.29, 1.82) is 0 Å². The van der Waals surface area contributed by atoms with Gasteiger partial charge in [0.1, 0.15) is 0 Å². The predicted molar refractivity (Wildman–Crippen MR) is 59.0 cm³/mol. The Balaban J connectivity index is 0. The minimum absolute atomic E-state index is 0.0278. The van der Waals surface area contributed by atoms with E-state index in [0.29, 0.717) is 0 Å². The number of nitrogens with zero attached hydrogens (tertiary/aromatic N) is 1. The number of hydrogen-bond acceptors (Lipinski definition) is 1. The molecule has 14 heavy (non-hydrogen) atoms. The fourth-order valence-corrected chi connectivity index (χ4v) is 1.34. The van der Waals surface area contributed by atoms with E-state index in [0.717, 1.165) is 25.9 Å². The minimum atomic E-state index is -2.15. The zero-order valence-electron chi connectivity index (χ0n) is 10.0. The van der Waals surface area contributed by atoms with Gasteiger partial charge in [0.05, 0.1) is 6.54 Å². The summed E-state index contributed by atoms with van der Waals surface area (Å²) in [6.07, 6.45) is 1.23. The molecule has 1 saturated heterocycles. The molecule has 1 aliphatic rings. The molecule has 88 valence electrons. The lowest BCUT2D eigenvalue weighted by atomic mass is 10.1. The summed E-state index contributed by atoms with van der Waals surface area (Å²) in [6.45, 7) is 9.70. The molecule has 0 unspecified atom stereocenters. The maximum Gasteiger partial charge on any atom is 0.251 e. The number of hydrogen-bond donors (Lipinski definition) is 0. The second kappa shape index (κ2) is 12.8. The third-order valence-electron chi connectivity index (χ3n) is 1.84. The van der Waals surface area contributed by atoms with Crippen LogP contribution in [-0.2, 0) is 0 Å². The molecule has 0 aromatic heterocycles. The predicted octanol–water partition coefficient (Wildman–Crippen LogP) is 3.79. The highest BCUT2D eigenvalue weighted by atomic mass is 19.3. The maximum atomic E-state index is 11.8. The highest BCUT2D eigenvalue weighted by Gasteiger charge is 2.13. The summed E-state index contributed by atoms with van der Waals surface area (Å²) in [5.41, 5.74) is 0. The molecule has 1 nitrogen and oxygen atoms in total. The van der Waals surface area contributed by atoms with Gasteiger partial charge >= 0.3 is 0 Å². The molecule has 0 radical (unpaired) electrons. The van der Waals surface area contributed by atoms with Crippen LogP contribution in [0.2, 0.25) is 0 Å². The van der Waals surface area contributed by atoms with E-state index in [4.69, 9.17) is 0 Å². The Bertz CT molecular complexity index is 91.3. The topological polar surface area (TPSA) is 3.24 Å². The van der Waals surface area contributed by atoms with Crippen molar-refractivity contribution < 1.29 is 8.78 Å². The zero-order chi connectivity index (χ0) is 11.4. The molecular weight excluding hydrogens is 184 g/mol. The van der Waals surface area contributed by atoms with Crippen LogP contribution in [0.25, 0.3) is 0 Å². The second-order valence-corrected chi connectivity index (χ2v) is 2.75. The highest BCUT2D eigenvalue weighted by Crippen LogP contribution is 2.09. The van der Waals surface area contributed by atoms with Crippen molar-refractivity contribution in [2.24, 2.45) is 0 Å². The average Bonchev–Trinajstić information content (AvgIpc) is 2.24. The van der Waals surface area contributed by atoms with E-state index in [1.807, 2.05) is 32.6 Å². The number of likely N-dealkylation sites (tertiary alicyclic amines) is 1. The molecule has 0 bridgehead atoms.